The van der Waals surface area contributed by atoms with Crippen molar-refractivity contribution in [1.29, 1.82) is 0 Å². The minimum absolute atomic E-state index is 0.201. The molecular formula is C16H21N5O. The summed E-state index contributed by atoms with van der Waals surface area (Å²) in [6.45, 7) is 1.39. The van der Waals surface area contributed by atoms with E-state index >= 15 is 0 Å². The number of rotatable bonds is 4. The third kappa shape index (κ3) is 3.17. The molecule has 0 radical (unpaired) electrons. The average molecular weight is 299 g/mol. The van der Waals surface area contributed by atoms with Gasteiger partial charge in [0.05, 0.1) is 18.5 Å². The maximum absolute atomic E-state index is 10.3. The van der Waals surface area contributed by atoms with E-state index in [9.17, 15) is 5.11 Å². The fraction of sp³-hybridized carbons (Fsp3) is 0.438. The first kappa shape index (κ1) is 14.7. The van der Waals surface area contributed by atoms with Gasteiger partial charge in [-0.25, -0.2) is 4.98 Å². The Hall–Kier alpha value is -2.21. The summed E-state index contributed by atoms with van der Waals surface area (Å²) in [4.78, 5) is 16.9. The van der Waals surface area contributed by atoms with Gasteiger partial charge < -0.3 is 14.9 Å². The quantitative estimate of drug-likeness (QED) is 0.908. The van der Waals surface area contributed by atoms with Gasteiger partial charge in [0.25, 0.3) is 0 Å². The number of aliphatic hydroxyl groups is 1. The Morgan fingerprint density at radius 1 is 1.18 bits per heavy atom. The summed E-state index contributed by atoms with van der Waals surface area (Å²) < 4.78 is 0. The van der Waals surface area contributed by atoms with Gasteiger partial charge in [-0.1, -0.05) is 0 Å². The summed E-state index contributed by atoms with van der Waals surface area (Å²) >= 11 is 0. The van der Waals surface area contributed by atoms with Crippen molar-refractivity contribution in [3.8, 4) is 0 Å². The summed E-state index contributed by atoms with van der Waals surface area (Å²) in [5.41, 5.74) is 1.20. The van der Waals surface area contributed by atoms with Crippen molar-refractivity contribution in [2.75, 3.05) is 37.0 Å². The number of nitrogens with zero attached hydrogens (tertiary/aromatic N) is 5. The Balaban J connectivity index is 1.71. The molecule has 0 amide bonds. The summed E-state index contributed by atoms with van der Waals surface area (Å²) in [6, 6.07) is 4.00. The van der Waals surface area contributed by atoms with Crippen LogP contribution in [0.1, 0.15) is 5.56 Å². The molecule has 2 aromatic rings. The molecule has 0 saturated carbocycles. The van der Waals surface area contributed by atoms with E-state index in [0.29, 0.717) is 6.54 Å². The van der Waals surface area contributed by atoms with E-state index in [2.05, 4.69) is 19.9 Å². The predicted octanol–water partition coefficient (Wildman–Crippen LogP) is 0.977. The van der Waals surface area contributed by atoms with E-state index in [0.717, 1.165) is 24.6 Å². The molecule has 3 heterocycles. The standard InChI is InChI=1S/C16H21N5O/c1-20(2)15-8-18-9-16(19-15)21-10-13(14(22)11-21)7-12-3-5-17-6-4-12/h3-6,8-9,13-14,22H,7,10-11H2,1-2H3/t13-,14-/m1/s1. The fourth-order valence-electron chi connectivity index (χ4n) is 2.78. The number of aliphatic hydroxyl groups excluding tert-OH is 1. The van der Waals surface area contributed by atoms with Gasteiger partial charge in [0.15, 0.2) is 0 Å². The largest absolute Gasteiger partial charge is 0.391 e. The molecule has 2 aromatic heterocycles. The number of pyridine rings is 1. The van der Waals surface area contributed by atoms with E-state index < -0.39 is 0 Å². The van der Waals surface area contributed by atoms with Crippen molar-refractivity contribution in [3.63, 3.8) is 0 Å². The molecule has 1 saturated heterocycles. The van der Waals surface area contributed by atoms with Crippen LogP contribution in [-0.4, -0.2) is 53.3 Å². The van der Waals surface area contributed by atoms with Gasteiger partial charge in [-0.2, -0.15) is 0 Å². The molecular weight excluding hydrogens is 278 g/mol. The van der Waals surface area contributed by atoms with Gasteiger partial charge >= 0.3 is 0 Å². The highest BCUT2D eigenvalue weighted by Crippen LogP contribution is 2.25. The second-order valence-corrected chi connectivity index (χ2v) is 5.92. The first-order valence-corrected chi connectivity index (χ1v) is 7.45. The minimum Gasteiger partial charge on any atom is -0.391 e. The molecule has 1 aliphatic rings. The third-order valence-corrected chi connectivity index (χ3v) is 4.05. The van der Waals surface area contributed by atoms with Gasteiger partial charge in [0, 0.05) is 45.5 Å². The maximum atomic E-state index is 10.3. The molecule has 3 rings (SSSR count). The van der Waals surface area contributed by atoms with E-state index in [4.69, 9.17) is 0 Å². The number of aromatic nitrogens is 3. The van der Waals surface area contributed by atoms with Crippen LogP contribution in [0.15, 0.2) is 36.9 Å². The Morgan fingerprint density at radius 2 is 1.95 bits per heavy atom. The number of anilines is 2. The van der Waals surface area contributed by atoms with Crippen LogP contribution in [0.5, 0.6) is 0 Å². The monoisotopic (exact) mass is 299 g/mol. The molecule has 1 aliphatic heterocycles. The normalized spacial score (nSPS) is 21.1. The van der Waals surface area contributed by atoms with Crippen LogP contribution in [-0.2, 0) is 6.42 Å². The van der Waals surface area contributed by atoms with Crippen LogP contribution in [0.4, 0.5) is 11.6 Å². The van der Waals surface area contributed by atoms with Crippen molar-refractivity contribution in [2.24, 2.45) is 5.92 Å². The van der Waals surface area contributed by atoms with Gasteiger partial charge in [-0.3, -0.25) is 9.97 Å². The lowest BCUT2D eigenvalue weighted by Crippen LogP contribution is -2.23. The van der Waals surface area contributed by atoms with Crippen molar-refractivity contribution < 1.29 is 5.11 Å². The highest BCUT2D eigenvalue weighted by atomic mass is 16.3. The number of β-amino-alcohol motifs (C(OH)–C–C–N with tert-alkyl or cyclic N) is 1. The summed E-state index contributed by atoms with van der Waals surface area (Å²) in [6.07, 6.45) is 7.58. The molecule has 0 bridgehead atoms. The Bertz CT molecular complexity index is 619. The number of hydrogen-bond acceptors (Lipinski definition) is 6. The van der Waals surface area contributed by atoms with Crippen molar-refractivity contribution >= 4 is 11.6 Å². The van der Waals surface area contributed by atoms with Crippen molar-refractivity contribution in [2.45, 2.75) is 12.5 Å². The first-order chi connectivity index (χ1) is 10.6. The van der Waals surface area contributed by atoms with Crippen LogP contribution < -0.4 is 9.80 Å². The van der Waals surface area contributed by atoms with E-state index in [1.165, 1.54) is 5.56 Å². The molecule has 1 N–H and O–H groups in total. The third-order valence-electron chi connectivity index (χ3n) is 4.05. The molecule has 0 spiro atoms. The predicted molar refractivity (Wildman–Crippen MR) is 86.0 cm³/mol. The van der Waals surface area contributed by atoms with E-state index in [1.54, 1.807) is 24.8 Å². The van der Waals surface area contributed by atoms with Crippen LogP contribution in [0.25, 0.3) is 0 Å². The van der Waals surface area contributed by atoms with Crippen LogP contribution in [0, 0.1) is 5.92 Å². The summed E-state index contributed by atoms with van der Waals surface area (Å²) in [5.74, 6) is 1.85. The highest BCUT2D eigenvalue weighted by molar-refractivity contribution is 5.45. The fourth-order valence-corrected chi connectivity index (χ4v) is 2.78. The first-order valence-electron chi connectivity index (χ1n) is 7.45. The zero-order chi connectivity index (χ0) is 15.5. The molecule has 22 heavy (non-hydrogen) atoms. The molecule has 2 atom stereocenters. The Morgan fingerprint density at radius 3 is 2.68 bits per heavy atom. The van der Waals surface area contributed by atoms with Gasteiger partial charge in [0.2, 0.25) is 0 Å². The van der Waals surface area contributed by atoms with Gasteiger partial charge in [0.1, 0.15) is 11.6 Å². The second-order valence-electron chi connectivity index (χ2n) is 5.92. The minimum atomic E-state index is -0.349. The smallest absolute Gasteiger partial charge is 0.149 e. The van der Waals surface area contributed by atoms with Crippen molar-refractivity contribution in [1.82, 2.24) is 15.0 Å². The number of hydrogen-bond donors (Lipinski definition) is 1. The highest BCUT2D eigenvalue weighted by Gasteiger charge is 2.32. The van der Waals surface area contributed by atoms with Crippen LogP contribution >= 0.6 is 0 Å². The average Bonchev–Trinajstić information content (AvgIpc) is 2.89. The summed E-state index contributed by atoms with van der Waals surface area (Å²) in [7, 11) is 3.89. The summed E-state index contributed by atoms with van der Waals surface area (Å²) in [5, 5.41) is 10.3. The zero-order valence-corrected chi connectivity index (χ0v) is 12.9. The SMILES string of the molecule is CN(C)c1cncc(N2C[C@@H](Cc3ccncc3)[C@H](O)C2)n1. The lowest BCUT2D eigenvalue weighted by atomic mass is 9.97. The second kappa shape index (κ2) is 6.27. The molecule has 0 aliphatic carbocycles. The Labute approximate surface area is 130 Å². The van der Waals surface area contributed by atoms with Crippen LogP contribution in [0.3, 0.4) is 0 Å². The lowest BCUT2D eigenvalue weighted by molar-refractivity contribution is 0.148. The maximum Gasteiger partial charge on any atom is 0.149 e. The van der Waals surface area contributed by atoms with E-state index in [1.807, 2.05) is 31.1 Å². The molecule has 0 unspecified atom stereocenters. The molecule has 1 fully saturated rings. The lowest BCUT2D eigenvalue weighted by Gasteiger charge is -2.19. The molecule has 6 heteroatoms. The topological polar surface area (TPSA) is 65.4 Å². The zero-order valence-electron chi connectivity index (χ0n) is 12.9. The molecule has 116 valence electrons. The molecule has 6 nitrogen and oxygen atoms in total. The van der Waals surface area contributed by atoms with Crippen LogP contribution in [0.2, 0.25) is 0 Å². The molecule has 0 aromatic carbocycles. The Kier molecular flexibility index (Phi) is 4.20. The van der Waals surface area contributed by atoms with Gasteiger partial charge in [-0.15, -0.1) is 0 Å². The van der Waals surface area contributed by atoms with E-state index in [-0.39, 0.29) is 12.0 Å². The van der Waals surface area contributed by atoms with Crippen molar-refractivity contribution in [3.05, 3.63) is 42.5 Å². The van der Waals surface area contributed by atoms with Gasteiger partial charge in [-0.05, 0) is 24.1 Å².